The Kier molecular flexibility index (Phi) is 8.38. The highest BCUT2D eigenvalue weighted by Gasteiger charge is 2.35. The third-order valence-electron chi connectivity index (χ3n) is 6.29. The van der Waals surface area contributed by atoms with E-state index in [-0.39, 0.29) is 0 Å². The Bertz CT molecular complexity index is 941. The zero-order chi connectivity index (χ0) is 24.0. The largest absolute Gasteiger partial charge is 0.480 e. The molecule has 3 rings (SSSR count). The van der Waals surface area contributed by atoms with Crippen LogP contribution in [-0.2, 0) is 22.5 Å². The van der Waals surface area contributed by atoms with Crippen LogP contribution in [0.4, 0.5) is 4.79 Å². The molecule has 1 atom stereocenters. The summed E-state index contributed by atoms with van der Waals surface area (Å²) in [5, 5.41) is 10.1. The van der Waals surface area contributed by atoms with Gasteiger partial charge in [0.2, 0.25) is 0 Å². The molecule has 2 aromatic rings. The Labute approximate surface area is 197 Å². The topological polar surface area (TPSA) is 84.7 Å². The van der Waals surface area contributed by atoms with Crippen LogP contribution in [0.3, 0.4) is 0 Å². The maximum atomic E-state index is 13.1. The van der Waals surface area contributed by atoms with Gasteiger partial charge in [-0.3, -0.25) is 4.90 Å². The van der Waals surface area contributed by atoms with E-state index in [1.54, 1.807) is 0 Å². The van der Waals surface area contributed by atoms with E-state index in [1.807, 2.05) is 45.0 Å². The number of amides is 1. The van der Waals surface area contributed by atoms with Gasteiger partial charge in [-0.2, -0.15) is 0 Å². The van der Waals surface area contributed by atoms with E-state index in [0.29, 0.717) is 25.3 Å². The van der Waals surface area contributed by atoms with E-state index >= 15 is 0 Å². The molecule has 182 valence electrons. The molecule has 33 heavy (non-hydrogen) atoms. The second-order valence-electron chi connectivity index (χ2n) is 10.2. The lowest BCUT2D eigenvalue weighted by Gasteiger charge is -2.35. The van der Waals surface area contributed by atoms with Crippen molar-refractivity contribution in [2.45, 2.75) is 97.2 Å². The lowest BCUT2D eigenvalue weighted by atomic mass is 9.88. The average molecular weight is 458 g/mol. The predicted octanol–water partition coefficient (Wildman–Crippen LogP) is 5.65. The number of fused-ring (bicyclic) bond motifs is 1. The third kappa shape index (κ3) is 6.71. The van der Waals surface area contributed by atoms with Crippen molar-refractivity contribution in [3.8, 4) is 0 Å². The van der Waals surface area contributed by atoms with Crippen LogP contribution < -0.4 is 0 Å². The Balaban J connectivity index is 1.84. The second-order valence-corrected chi connectivity index (χ2v) is 10.2. The first-order valence-corrected chi connectivity index (χ1v) is 12.4. The molecule has 1 aromatic carbocycles. The van der Waals surface area contributed by atoms with Crippen molar-refractivity contribution >= 4 is 23.1 Å². The van der Waals surface area contributed by atoms with Crippen LogP contribution in [0.1, 0.15) is 78.5 Å². The number of benzene rings is 1. The van der Waals surface area contributed by atoms with Crippen LogP contribution in [0.2, 0.25) is 0 Å². The van der Waals surface area contributed by atoms with Gasteiger partial charge < -0.3 is 14.4 Å². The van der Waals surface area contributed by atoms with E-state index < -0.39 is 23.7 Å². The number of para-hydroxylation sites is 2. The number of hydrogen-bond donors (Lipinski definition) is 1. The monoisotopic (exact) mass is 457 g/mol. The van der Waals surface area contributed by atoms with Gasteiger partial charge >= 0.3 is 12.1 Å². The van der Waals surface area contributed by atoms with Gasteiger partial charge in [-0.15, -0.1) is 0 Å². The lowest BCUT2D eigenvalue weighted by Crippen LogP contribution is -2.49. The summed E-state index contributed by atoms with van der Waals surface area (Å²) in [6.45, 7) is 8.81. The van der Waals surface area contributed by atoms with E-state index in [0.717, 1.165) is 55.5 Å². The zero-order valence-electron chi connectivity index (χ0n) is 20.5. The summed E-state index contributed by atoms with van der Waals surface area (Å²) in [5.74, 6) is 0.193. The molecule has 1 aliphatic rings. The Hall–Kier alpha value is -2.57. The van der Waals surface area contributed by atoms with Gasteiger partial charge in [0.1, 0.15) is 17.5 Å². The number of nitrogens with zero attached hydrogens (tertiary/aromatic N) is 3. The number of carbonyl (C=O) groups is 2. The van der Waals surface area contributed by atoms with Crippen LogP contribution >= 0.6 is 0 Å². The summed E-state index contributed by atoms with van der Waals surface area (Å²) in [6, 6.07) is 7.04. The quantitative estimate of drug-likeness (QED) is 0.526. The molecule has 1 saturated carbocycles. The Morgan fingerprint density at radius 2 is 1.91 bits per heavy atom. The summed E-state index contributed by atoms with van der Waals surface area (Å²) in [4.78, 5) is 31.7. The van der Waals surface area contributed by atoms with E-state index in [1.165, 1.54) is 11.3 Å². The van der Waals surface area contributed by atoms with Crippen LogP contribution in [0.15, 0.2) is 24.3 Å². The number of hydrogen-bond acceptors (Lipinski definition) is 4. The van der Waals surface area contributed by atoms with Gasteiger partial charge in [0.25, 0.3) is 0 Å². The number of aromatic nitrogens is 2. The molecule has 0 spiro atoms. The smallest absolute Gasteiger partial charge is 0.411 e. The molecular formula is C26H39N3O4. The maximum absolute atomic E-state index is 13.1. The van der Waals surface area contributed by atoms with Crippen molar-refractivity contribution in [3.05, 3.63) is 30.1 Å². The Morgan fingerprint density at radius 1 is 1.21 bits per heavy atom. The third-order valence-corrected chi connectivity index (χ3v) is 6.29. The maximum Gasteiger partial charge on any atom is 0.411 e. The summed E-state index contributed by atoms with van der Waals surface area (Å²) in [6.07, 6.45) is 6.72. The molecule has 1 unspecified atom stereocenters. The first-order chi connectivity index (χ1) is 15.7. The van der Waals surface area contributed by atoms with Gasteiger partial charge in [-0.05, 0) is 64.5 Å². The summed E-state index contributed by atoms with van der Waals surface area (Å²) in [5.41, 5.74) is 1.30. The van der Waals surface area contributed by atoms with Crippen molar-refractivity contribution in [2.75, 3.05) is 6.54 Å². The highest BCUT2D eigenvalue weighted by molar-refractivity contribution is 5.80. The van der Waals surface area contributed by atoms with Crippen LogP contribution in [0.5, 0.6) is 0 Å². The van der Waals surface area contributed by atoms with Gasteiger partial charge in [0, 0.05) is 19.5 Å². The zero-order valence-corrected chi connectivity index (χ0v) is 20.5. The predicted molar refractivity (Wildman–Crippen MR) is 129 cm³/mol. The molecule has 1 aliphatic carbocycles. The minimum atomic E-state index is -0.991. The fourth-order valence-electron chi connectivity index (χ4n) is 4.77. The first kappa shape index (κ1) is 25.1. The van der Waals surface area contributed by atoms with Crippen LogP contribution in [0, 0.1) is 5.92 Å². The van der Waals surface area contributed by atoms with E-state index in [9.17, 15) is 14.7 Å². The van der Waals surface area contributed by atoms with Crippen molar-refractivity contribution in [1.82, 2.24) is 14.5 Å². The van der Waals surface area contributed by atoms with Crippen LogP contribution in [-0.4, -0.2) is 49.8 Å². The second kappa shape index (κ2) is 11.0. The van der Waals surface area contributed by atoms with Crippen molar-refractivity contribution < 1.29 is 19.4 Å². The molecule has 0 aliphatic heterocycles. The number of ether oxygens (including phenoxy) is 1. The molecule has 0 radical (unpaired) electrons. The van der Waals surface area contributed by atoms with Gasteiger partial charge in [0.15, 0.2) is 0 Å². The minimum Gasteiger partial charge on any atom is -0.480 e. The number of carboxylic acid groups (broad SMARTS) is 1. The number of aryl methyl sites for hydroxylation is 2. The molecule has 1 N–H and O–H groups in total. The number of carbonyl (C=O) groups excluding carboxylic acids is 1. The standard InChI is InChI=1S/C26H39N3O4/c1-5-17-28-21-14-10-9-13-20(21)27-23(28)16-15-22(24(30)31)29(25(32)33-26(2,3)4)18-19-11-7-6-8-12-19/h9-10,13-14,19,22H,5-8,11-12,15-18H2,1-4H3,(H,30,31). The molecule has 0 bridgehead atoms. The highest BCUT2D eigenvalue weighted by atomic mass is 16.6. The lowest BCUT2D eigenvalue weighted by molar-refractivity contribution is -0.143. The summed E-state index contributed by atoms with van der Waals surface area (Å²) in [7, 11) is 0. The van der Waals surface area contributed by atoms with Gasteiger partial charge in [0.05, 0.1) is 11.0 Å². The summed E-state index contributed by atoms with van der Waals surface area (Å²) < 4.78 is 7.81. The molecule has 1 heterocycles. The fraction of sp³-hybridized carbons (Fsp3) is 0.654. The summed E-state index contributed by atoms with van der Waals surface area (Å²) >= 11 is 0. The minimum absolute atomic E-state index is 0.300. The molecule has 1 aromatic heterocycles. The van der Waals surface area contributed by atoms with E-state index in [2.05, 4.69) is 11.5 Å². The molecular weight excluding hydrogens is 418 g/mol. The van der Waals surface area contributed by atoms with Crippen LogP contribution in [0.25, 0.3) is 11.0 Å². The normalized spacial score (nSPS) is 16.0. The van der Waals surface area contributed by atoms with Gasteiger partial charge in [-0.25, -0.2) is 14.6 Å². The fourth-order valence-corrected chi connectivity index (χ4v) is 4.77. The Morgan fingerprint density at radius 3 is 2.55 bits per heavy atom. The number of imidazole rings is 1. The molecule has 7 heteroatoms. The average Bonchev–Trinajstić information content (AvgIpc) is 3.10. The van der Waals surface area contributed by atoms with Crippen molar-refractivity contribution in [2.24, 2.45) is 5.92 Å². The number of aliphatic carboxylic acids is 1. The molecule has 7 nitrogen and oxygen atoms in total. The van der Waals surface area contributed by atoms with E-state index in [4.69, 9.17) is 9.72 Å². The molecule has 1 amide bonds. The number of rotatable bonds is 9. The highest BCUT2D eigenvalue weighted by Crippen LogP contribution is 2.27. The SMILES string of the molecule is CCCn1c(CCC(C(=O)O)N(CC2CCCCC2)C(=O)OC(C)(C)C)nc2ccccc21. The molecule has 1 fully saturated rings. The molecule has 0 saturated heterocycles. The first-order valence-electron chi connectivity index (χ1n) is 12.4. The number of carboxylic acids is 1. The van der Waals surface area contributed by atoms with Crippen molar-refractivity contribution in [1.29, 1.82) is 0 Å². The van der Waals surface area contributed by atoms with Crippen molar-refractivity contribution in [3.63, 3.8) is 0 Å². The van der Waals surface area contributed by atoms with Gasteiger partial charge in [-0.1, -0.05) is 38.3 Å².